The lowest BCUT2D eigenvalue weighted by Crippen LogP contribution is -2.23. The highest BCUT2D eigenvalue weighted by atomic mass is 14.8. The average molecular weight is 527 g/mol. The molecular weight excluding hydrogens is 484 g/mol. The number of benzene rings is 4. The van der Waals surface area contributed by atoms with Gasteiger partial charge in [-0.15, -0.1) is 0 Å². The van der Waals surface area contributed by atoms with E-state index in [4.69, 9.17) is 9.98 Å². The summed E-state index contributed by atoms with van der Waals surface area (Å²) in [6.45, 7) is 4.52. The molecule has 0 aromatic heterocycles. The van der Waals surface area contributed by atoms with Crippen molar-refractivity contribution in [1.29, 1.82) is 0 Å². The van der Waals surface area contributed by atoms with Crippen molar-refractivity contribution < 1.29 is 0 Å². The Hall–Kier alpha value is -3.78. The van der Waals surface area contributed by atoms with Gasteiger partial charge in [0.2, 0.25) is 0 Å². The Balaban J connectivity index is 1.49. The molecule has 0 amide bonds. The molecular formula is C38H42N2. The maximum atomic E-state index is 5.25. The van der Waals surface area contributed by atoms with Crippen LogP contribution in [-0.2, 0) is 12.8 Å². The van der Waals surface area contributed by atoms with E-state index in [1.807, 2.05) is 0 Å². The number of aliphatic imine (C=N–C) groups is 2. The van der Waals surface area contributed by atoms with E-state index in [0.717, 1.165) is 46.8 Å². The lowest BCUT2D eigenvalue weighted by atomic mass is 9.82. The van der Waals surface area contributed by atoms with Crippen LogP contribution in [0.5, 0.6) is 0 Å². The number of unbranched alkanes of at least 4 members (excludes halogenated alkanes) is 6. The third kappa shape index (κ3) is 6.86. The molecule has 0 spiro atoms. The van der Waals surface area contributed by atoms with Crippen molar-refractivity contribution in [3.63, 3.8) is 0 Å². The molecule has 0 bridgehead atoms. The van der Waals surface area contributed by atoms with Crippen LogP contribution in [-0.4, -0.2) is 11.4 Å². The molecule has 0 saturated carbocycles. The third-order valence-electron chi connectivity index (χ3n) is 7.87. The van der Waals surface area contributed by atoms with Gasteiger partial charge in [0.1, 0.15) is 0 Å². The second-order valence-corrected chi connectivity index (χ2v) is 11.0. The van der Waals surface area contributed by atoms with Crippen molar-refractivity contribution in [1.82, 2.24) is 0 Å². The van der Waals surface area contributed by atoms with Crippen LogP contribution in [0.1, 0.15) is 87.5 Å². The van der Waals surface area contributed by atoms with Gasteiger partial charge in [-0.1, -0.05) is 125 Å². The third-order valence-corrected chi connectivity index (χ3v) is 7.87. The largest absolute Gasteiger partial charge is 0.246 e. The zero-order chi connectivity index (χ0) is 27.6. The summed E-state index contributed by atoms with van der Waals surface area (Å²) in [5.41, 5.74) is 11.3. The van der Waals surface area contributed by atoms with E-state index in [9.17, 15) is 0 Å². The number of aryl methyl sites for hydroxylation is 2. The lowest BCUT2D eigenvalue weighted by molar-refractivity contribution is 0.667. The van der Waals surface area contributed by atoms with E-state index in [1.54, 1.807) is 0 Å². The molecule has 0 radical (unpaired) electrons. The monoisotopic (exact) mass is 526 g/mol. The highest BCUT2D eigenvalue weighted by molar-refractivity contribution is 6.57. The molecule has 0 saturated heterocycles. The number of nitrogens with zero attached hydrogens (tertiary/aromatic N) is 2. The zero-order valence-corrected chi connectivity index (χ0v) is 24.2. The van der Waals surface area contributed by atoms with Gasteiger partial charge in [0.25, 0.3) is 0 Å². The zero-order valence-electron chi connectivity index (χ0n) is 24.2. The predicted octanol–water partition coefficient (Wildman–Crippen LogP) is 10.9. The summed E-state index contributed by atoms with van der Waals surface area (Å²) in [7, 11) is 0. The van der Waals surface area contributed by atoms with Gasteiger partial charge in [0.15, 0.2) is 0 Å². The molecule has 5 rings (SSSR count). The van der Waals surface area contributed by atoms with Crippen LogP contribution in [0.25, 0.3) is 11.1 Å². The first kappa shape index (κ1) is 27.8. The summed E-state index contributed by atoms with van der Waals surface area (Å²) in [5, 5.41) is 0. The SMILES string of the molecule is CCCCCCc1ccc(N=C2C(=Nc3ccc(CCCCCC)cc3)c3ccccc3-c3ccccc32)cc1. The first-order chi connectivity index (χ1) is 19.8. The first-order valence-electron chi connectivity index (χ1n) is 15.3. The summed E-state index contributed by atoms with van der Waals surface area (Å²) in [5.74, 6) is 0. The van der Waals surface area contributed by atoms with E-state index in [1.165, 1.54) is 73.6 Å². The Kier molecular flexibility index (Phi) is 9.74. The van der Waals surface area contributed by atoms with Gasteiger partial charge in [-0.25, -0.2) is 9.98 Å². The molecule has 2 nitrogen and oxygen atoms in total. The van der Waals surface area contributed by atoms with Crippen molar-refractivity contribution >= 4 is 22.8 Å². The molecule has 1 aliphatic carbocycles. The number of rotatable bonds is 12. The van der Waals surface area contributed by atoms with Gasteiger partial charge in [0.05, 0.1) is 22.8 Å². The smallest absolute Gasteiger partial charge is 0.0978 e. The minimum absolute atomic E-state index is 0.939. The van der Waals surface area contributed by atoms with Crippen LogP contribution < -0.4 is 0 Å². The van der Waals surface area contributed by atoms with Gasteiger partial charge in [-0.3, -0.25) is 0 Å². The van der Waals surface area contributed by atoms with E-state index >= 15 is 0 Å². The van der Waals surface area contributed by atoms with Crippen molar-refractivity contribution in [2.75, 3.05) is 0 Å². The van der Waals surface area contributed by atoms with E-state index < -0.39 is 0 Å². The molecule has 0 N–H and O–H groups in total. The molecule has 40 heavy (non-hydrogen) atoms. The quantitative estimate of drug-likeness (QED) is 0.164. The highest BCUT2D eigenvalue weighted by Gasteiger charge is 2.26. The Morgan fingerprint density at radius 2 is 0.775 bits per heavy atom. The highest BCUT2D eigenvalue weighted by Crippen LogP contribution is 2.36. The molecule has 0 unspecified atom stereocenters. The van der Waals surface area contributed by atoms with Gasteiger partial charge >= 0.3 is 0 Å². The number of hydrogen-bond donors (Lipinski definition) is 0. The van der Waals surface area contributed by atoms with Crippen LogP contribution in [0, 0.1) is 0 Å². The molecule has 0 atom stereocenters. The summed E-state index contributed by atoms with van der Waals surface area (Å²) >= 11 is 0. The second-order valence-electron chi connectivity index (χ2n) is 11.0. The maximum absolute atomic E-state index is 5.25. The normalized spacial score (nSPS) is 14.3. The molecule has 0 heterocycles. The van der Waals surface area contributed by atoms with Crippen LogP contribution >= 0.6 is 0 Å². The number of hydrogen-bond acceptors (Lipinski definition) is 2. The fourth-order valence-electron chi connectivity index (χ4n) is 5.57. The van der Waals surface area contributed by atoms with Gasteiger partial charge in [-0.05, 0) is 72.2 Å². The number of fused-ring (bicyclic) bond motifs is 3. The molecule has 0 aliphatic heterocycles. The molecule has 204 valence electrons. The average Bonchev–Trinajstić information content (AvgIpc) is 3.00. The standard InChI is InChI=1S/C38H42N2/c1-3-5-7-9-15-29-21-25-31(26-22-29)39-37-35-19-13-11-17-33(35)34-18-12-14-20-36(34)38(37)40-32-27-23-30(24-28-32)16-10-8-6-4-2/h11-14,17-28H,3-10,15-16H2,1-2H3. The van der Waals surface area contributed by atoms with Crippen LogP contribution in [0.4, 0.5) is 11.4 Å². The van der Waals surface area contributed by atoms with Crippen molar-refractivity contribution in [2.24, 2.45) is 9.98 Å². The molecule has 4 aromatic rings. The Morgan fingerprint density at radius 3 is 1.15 bits per heavy atom. The van der Waals surface area contributed by atoms with Crippen molar-refractivity contribution in [2.45, 2.75) is 78.1 Å². The predicted molar refractivity (Wildman–Crippen MR) is 173 cm³/mol. The van der Waals surface area contributed by atoms with E-state index in [-0.39, 0.29) is 0 Å². The maximum Gasteiger partial charge on any atom is 0.0978 e. The van der Waals surface area contributed by atoms with E-state index in [2.05, 4.69) is 111 Å². The molecule has 2 heteroatoms. The minimum atomic E-state index is 0.939. The van der Waals surface area contributed by atoms with Crippen molar-refractivity contribution in [3.05, 3.63) is 119 Å². The van der Waals surface area contributed by atoms with Crippen molar-refractivity contribution in [3.8, 4) is 11.1 Å². The summed E-state index contributed by atoms with van der Waals surface area (Å²) < 4.78 is 0. The van der Waals surface area contributed by atoms with E-state index in [0.29, 0.717) is 0 Å². The van der Waals surface area contributed by atoms with Gasteiger partial charge < -0.3 is 0 Å². The van der Waals surface area contributed by atoms with Crippen LogP contribution in [0.15, 0.2) is 107 Å². The Bertz CT molecular complexity index is 1330. The Labute approximate surface area is 240 Å². The first-order valence-corrected chi connectivity index (χ1v) is 15.3. The fourth-order valence-corrected chi connectivity index (χ4v) is 5.57. The topological polar surface area (TPSA) is 24.7 Å². The van der Waals surface area contributed by atoms with Gasteiger partial charge in [-0.2, -0.15) is 0 Å². The second kappa shape index (κ2) is 14.0. The summed E-state index contributed by atoms with van der Waals surface area (Å²) in [4.78, 5) is 10.5. The van der Waals surface area contributed by atoms with Gasteiger partial charge in [0, 0.05) is 11.1 Å². The Morgan fingerprint density at radius 1 is 0.400 bits per heavy atom. The van der Waals surface area contributed by atoms with Crippen LogP contribution in [0.3, 0.4) is 0 Å². The summed E-state index contributed by atoms with van der Waals surface area (Å²) in [6.07, 6.45) is 12.5. The fraction of sp³-hybridized carbons (Fsp3) is 0.316. The van der Waals surface area contributed by atoms with Crippen LogP contribution in [0.2, 0.25) is 0 Å². The molecule has 4 aromatic carbocycles. The molecule has 1 aliphatic rings. The minimum Gasteiger partial charge on any atom is -0.246 e. The lowest BCUT2D eigenvalue weighted by Gasteiger charge is -2.23. The summed E-state index contributed by atoms with van der Waals surface area (Å²) in [6, 6.07) is 34.8. The molecule has 0 fully saturated rings.